The molecule has 0 rings (SSSR count). The smallest absolute Gasteiger partial charge is 0.0276 e. The molecule has 88 valence electrons. The first-order valence-electron chi connectivity index (χ1n) is 6.27. The van der Waals surface area contributed by atoms with E-state index in [9.17, 15) is 0 Å². The molecule has 0 amide bonds. The molecular formula is C15H28. The van der Waals surface area contributed by atoms with Gasteiger partial charge in [0.25, 0.3) is 0 Å². The van der Waals surface area contributed by atoms with Gasteiger partial charge >= 0.3 is 0 Å². The van der Waals surface area contributed by atoms with Crippen LogP contribution >= 0.6 is 0 Å². The van der Waals surface area contributed by atoms with E-state index < -0.39 is 0 Å². The van der Waals surface area contributed by atoms with E-state index in [1.165, 1.54) is 30.4 Å². The van der Waals surface area contributed by atoms with Crippen LogP contribution in [0.3, 0.4) is 0 Å². The predicted octanol–water partition coefficient (Wildman–Crippen LogP) is 5.67. The Kier molecular flexibility index (Phi) is 14.7. The molecule has 0 saturated heterocycles. The Morgan fingerprint density at radius 1 is 0.867 bits per heavy atom. The Labute approximate surface area is 96.8 Å². The van der Waals surface area contributed by atoms with Gasteiger partial charge in [-0.15, -0.1) is 0 Å². The lowest BCUT2D eigenvalue weighted by molar-refractivity contribution is 0.785. The van der Waals surface area contributed by atoms with Gasteiger partial charge in [0.05, 0.1) is 0 Å². The van der Waals surface area contributed by atoms with Crippen LogP contribution in [0.25, 0.3) is 0 Å². The van der Waals surface area contributed by atoms with Crippen LogP contribution < -0.4 is 0 Å². The third kappa shape index (κ3) is 8.23. The summed E-state index contributed by atoms with van der Waals surface area (Å²) in [5.41, 5.74) is 2.77. The van der Waals surface area contributed by atoms with Crippen molar-refractivity contribution in [2.45, 2.75) is 59.8 Å². The van der Waals surface area contributed by atoms with E-state index in [0.29, 0.717) is 0 Å². The van der Waals surface area contributed by atoms with E-state index in [-0.39, 0.29) is 0 Å². The fourth-order valence-electron chi connectivity index (χ4n) is 1.42. The van der Waals surface area contributed by atoms with Crippen molar-refractivity contribution in [3.8, 4) is 0 Å². The molecule has 0 nitrogen and oxygen atoms in total. The van der Waals surface area contributed by atoms with Gasteiger partial charge in [-0.25, -0.2) is 0 Å². The number of rotatable bonds is 7. The standard InChI is InChI=1S/C13H22.C2H6/c1-5-9-11-13(8-4)12(7-3)10-6-2;1-2/h7-8H,3-6,9-11H2,1-2H3;1-2H3/b13-12-;. The molecule has 0 heteroatoms. The second-order valence-electron chi connectivity index (χ2n) is 3.31. The summed E-state index contributed by atoms with van der Waals surface area (Å²) in [6.45, 7) is 16.1. The van der Waals surface area contributed by atoms with Gasteiger partial charge in [0.1, 0.15) is 0 Å². The van der Waals surface area contributed by atoms with Crippen LogP contribution in [0.2, 0.25) is 0 Å². The van der Waals surface area contributed by atoms with Crippen molar-refractivity contribution < 1.29 is 0 Å². The predicted molar refractivity (Wildman–Crippen MR) is 73.2 cm³/mol. The zero-order chi connectivity index (χ0) is 12.1. The molecule has 0 heterocycles. The quantitative estimate of drug-likeness (QED) is 0.473. The van der Waals surface area contributed by atoms with Gasteiger partial charge in [-0.1, -0.05) is 65.8 Å². The lowest BCUT2D eigenvalue weighted by atomic mass is 9.99. The SMILES string of the molecule is C=C/C(CCC)=C(\C=C)CCCC.CC. The van der Waals surface area contributed by atoms with E-state index in [1.54, 1.807) is 0 Å². The van der Waals surface area contributed by atoms with Crippen molar-refractivity contribution in [1.29, 1.82) is 0 Å². The summed E-state index contributed by atoms with van der Waals surface area (Å²) in [4.78, 5) is 0. The number of hydrogen-bond acceptors (Lipinski definition) is 0. The first-order valence-corrected chi connectivity index (χ1v) is 6.27. The Morgan fingerprint density at radius 3 is 1.67 bits per heavy atom. The molecule has 0 N–H and O–H groups in total. The highest BCUT2D eigenvalue weighted by Gasteiger charge is 1.98. The normalized spacial score (nSPS) is 10.9. The number of allylic oxidation sites excluding steroid dienone is 4. The molecule has 0 aliphatic rings. The maximum absolute atomic E-state index is 3.86. The average molecular weight is 208 g/mol. The minimum atomic E-state index is 1.13. The van der Waals surface area contributed by atoms with Gasteiger partial charge in [-0.3, -0.25) is 0 Å². The fraction of sp³-hybridized carbons (Fsp3) is 0.600. The third-order valence-electron chi connectivity index (χ3n) is 2.22. The molecule has 0 aromatic heterocycles. The van der Waals surface area contributed by atoms with Crippen molar-refractivity contribution in [2.24, 2.45) is 0 Å². The Morgan fingerprint density at radius 2 is 1.33 bits per heavy atom. The van der Waals surface area contributed by atoms with E-state index in [0.717, 1.165) is 12.8 Å². The van der Waals surface area contributed by atoms with E-state index in [1.807, 2.05) is 26.0 Å². The van der Waals surface area contributed by atoms with Crippen molar-refractivity contribution in [3.63, 3.8) is 0 Å². The zero-order valence-electron chi connectivity index (χ0n) is 11.1. The highest BCUT2D eigenvalue weighted by Crippen LogP contribution is 2.18. The van der Waals surface area contributed by atoms with Crippen LogP contribution in [-0.4, -0.2) is 0 Å². The number of unbranched alkanes of at least 4 members (excludes halogenated alkanes) is 1. The third-order valence-corrected chi connectivity index (χ3v) is 2.22. The second kappa shape index (κ2) is 13.2. The Balaban J connectivity index is 0. The molecule has 0 spiro atoms. The van der Waals surface area contributed by atoms with Gasteiger partial charge in [-0.2, -0.15) is 0 Å². The average Bonchev–Trinajstić information content (AvgIpc) is 2.31. The topological polar surface area (TPSA) is 0 Å². The van der Waals surface area contributed by atoms with Gasteiger partial charge in [0, 0.05) is 0 Å². The molecule has 0 bridgehead atoms. The summed E-state index contributed by atoms with van der Waals surface area (Å²) in [7, 11) is 0. The summed E-state index contributed by atoms with van der Waals surface area (Å²) in [6.07, 6.45) is 9.94. The first-order chi connectivity index (χ1) is 7.29. The maximum atomic E-state index is 3.86. The fourth-order valence-corrected chi connectivity index (χ4v) is 1.42. The molecule has 0 aromatic carbocycles. The van der Waals surface area contributed by atoms with Crippen LogP contribution in [0.5, 0.6) is 0 Å². The van der Waals surface area contributed by atoms with Crippen LogP contribution in [0.4, 0.5) is 0 Å². The molecular weight excluding hydrogens is 180 g/mol. The minimum absolute atomic E-state index is 1.13. The van der Waals surface area contributed by atoms with Crippen molar-refractivity contribution in [2.75, 3.05) is 0 Å². The molecule has 0 fully saturated rings. The first kappa shape index (κ1) is 16.6. The largest absolute Gasteiger partial charge is 0.0988 e. The molecule has 0 radical (unpaired) electrons. The molecule has 15 heavy (non-hydrogen) atoms. The summed E-state index contributed by atoms with van der Waals surface area (Å²) in [5.74, 6) is 0. The van der Waals surface area contributed by atoms with E-state index >= 15 is 0 Å². The highest BCUT2D eigenvalue weighted by atomic mass is 14.0. The highest BCUT2D eigenvalue weighted by molar-refractivity contribution is 5.31. The second-order valence-corrected chi connectivity index (χ2v) is 3.31. The lowest BCUT2D eigenvalue weighted by Crippen LogP contribution is -1.87. The van der Waals surface area contributed by atoms with Gasteiger partial charge in [0.2, 0.25) is 0 Å². The maximum Gasteiger partial charge on any atom is -0.0276 e. The van der Waals surface area contributed by atoms with Gasteiger partial charge in [0.15, 0.2) is 0 Å². The van der Waals surface area contributed by atoms with E-state index in [4.69, 9.17) is 0 Å². The van der Waals surface area contributed by atoms with Gasteiger partial charge in [-0.05, 0) is 30.4 Å². The summed E-state index contributed by atoms with van der Waals surface area (Å²) >= 11 is 0. The minimum Gasteiger partial charge on any atom is -0.0988 e. The van der Waals surface area contributed by atoms with Crippen molar-refractivity contribution >= 4 is 0 Å². The molecule has 0 atom stereocenters. The molecule has 0 saturated carbocycles. The lowest BCUT2D eigenvalue weighted by Gasteiger charge is -2.07. The summed E-state index contributed by atoms with van der Waals surface area (Å²) in [5, 5.41) is 0. The van der Waals surface area contributed by atoms with Crippen LogP contribution in [0, 0.1) is 0 Å². The van der Waals surface area contributed by atoms with Crippen LogP contribution in [0.1, 0.15) is 59.8 Å². The van der Waals surface area contributed by atoms with E-state index in [2.05, 4.69) is 27.0 Å². The molecule has 0 unspecified atom stereocenters. The summed E-state index contributed by atoms with van der Waals surface area (Å²) < 4.78 is 0. The van der Waals surface area contributed by atoms with Crippen molar-refractivity contribution in [3.05, 3.63) is 36.5 Å². The summed E-state index contributed by atoms with van der Waals surface area (Å²) in [6, 6.07) is 0. The molecule has 0 aliphatic carbocycles. The zero-order valence-corrected chi connectivity index (χ0v) is 11.1. The molecule has 0 aliphatic heterocycles. The van der Waals surface area contributed by atoms with Crippen LogP contribution in [0.15, 0.2) is 36.5 Å². The van der Waals surface area contributed by atoms with Gasteiger partial charge < -0.3 is 0 Å². The molecule has 0 aromatic rings. The van der Waals surface area contributed by atoms with Crippen LogP contribution in [-0.2, 0) is 0 Å². The van der Waals surface area contributed by atoms with Crippen molar-refractivity contribution in [1.82, 2.24) is 0 Å². The number of hydrogen-bond donors (Lipinski definition) is 0. The Hall–Kier alpha value is -0.780. The Bertz CT molecular complexity index is 184. The monoisotopic (exact) mass is 208 g/mol.